The van der Waals surface area contributed by atoms with Gasteiger partial charge in [0.2, 0.25) is 5.89 Å². The molecule has 3 aromatic carbocycles. The fraction of sp³-hybridized carbons (Fsp3) is 0.276. The van der Waals surface area contributed by atoms with Crippen LogP contribution in [0.1, 0.15) is 48.1 Å². The zero-order chi connectivity index (χ0) is 26.9. The largest absolute Gasteiger partial charge is 0.404 e. The molecule has 0 radical (unpaired) electrons. The average Bonchev–Trinajstić information content (AvgIpc) is 3.37. The van der Waals surface area contributed by atoms with Gasteiger partial charge in [-0.2, -0.15) is 5.26 Å². The monoisotopic (exact) mass is 533 g/mol. The van der Waals surface area contributed by atoms with Gasteiger partial charge in [0, 0.05) is 28.6 Å². The summed E-state index contributed by atoms with van der Waals surface area (Å²) in [5, 5.41) is 17.8. The second-order valence-corrected chi connectivity index (χ2v) is 9.93. The van der Waals surface area contributed by atoms with Crippen molar-refractivity contribution < 1.29 is 13.2 Å². The summed E-state index contributed by atoms with van der Waals surface area (Å²) in [5.74, 6) is -0.359. The minimum absolute atomic E-state index is 0.0280. The minimum atomic E-state index is -1.13. The maximum atomic E-state index is 15.5. The number of hydrogen-bond donors (Lipinski definition) is 1. The molecule has 194 valence electrons. The Morgan fingerprint density at radius 1 is 1.16 bits per heavy atom. The molecule has 0 bridgehead atoms. The molecule has 1 aliphatic heterocycles. The molecule has 1 saturated heterocycles. The Morgan fingerprint density at radius 3 is 2.53 bits per heavy atom. The van der Waals surface area contributed by atoms with Crippen LogP contribution in [0.4, 0.5) is 14.8 Å². The van der Waals surface area contributed by atoms with E-state index < -0.39 is 17.9 Å². The Kier molecular flexibility index (Phi) is 7.15. The molecule has 0 amide bonds. The highest BCUT2D eigenvalue weighted by Crippen LogP contribution is 2.47. The van der Waals surface area contributed by atoms with Gasteiger partial charge in [-0.3, -0.25) is 9.29 Å². The molecular weight excluding hydrogens is 508 g/mol. The van der Waals surface area contributed by atoms with Crippen LogP contribution in [0.5, 0.6) is 0 Å². The van der Waals surface area contributed by atoms with Crippen molar-refractivity contribution in [1.29, 1.82) is 5.26 Å². The lowest BCUT2D eigenvalue weighted by atomic mass is 9.67. The molecule has 38 heavy (non-hydrogen) atoms. The second-order valence-electron chi connectivity index (χ2n) is 9.49. The summed E-state index contributed by atoms with van der Waals surface area (Å²) in [6.07, 6.45) is 1.04. The number of nitrogens with two attached hydrogens (primary N) is 1. The van der Waals surface area contributed by atoms with E-state index in [0.29, 0.717) is 35.9 Å². The first-order valence-electron chi connectivity index (χ1n) is 12.4. The van der Waals surface area contributed by atoms with Crippen LogP contribution in [0.15, 0.2) is 71.1 Å². The summed E-state index contributed by atoms with van der Waals surface area (Å²) in [4.78, 5) is 2.20. The second kappa shape index (κ2) is 10.5. The van der Waals surface area contributed by atoms with Crippen molar-refractivity contribution >= 4 is 17.6 Å². The Morgan fingerprint density at radius 2 is 1.92 bits per heavy atom. The van der Waals surface area contributed by atoms with Gasteiger partial charge in [0.05, 0.1) is 11.6 Å². The molecule has 1 aliphatic rings. The molecule has 0 spiro atoms. The third-order valence-corrected chi connectivity index (χ3v) is 7.88. The van der Waals surface area contributed by atoms with Crippen molar-refractivity contribution in [3.63, 3.8) is 0 Å². The molecule has 2 N–H and O–H groups in total. The first-order chi connectivity index (χ1) is 18.4. The van der Waals surface area contributed by atoms with E-state index in [9.17, 15) is 5.26 Å². The number of nitrogens with zero attached hydrogens (tertiary/aromatic N) is 4. The zero-order valence-electron chi connectivity index (χ0n) is 20.7. The van der Waals surface area contributed by atoms with Crippen LogP contribution in [0.3, 0.4) is 0 Å². The molecule has 0 aliphatic carbocycles. The van der Waals surface area contributed by atoms with Crippen molar-refractivity contribution in [2.45, 2.75) is 37.3 Å². The van der Waals surface area contributed by atoms with Crippen molar-refractivity contribution in [2.75, 3.05) is 19.0 Å². The number of nitrogen functional groups attached to an aromatic ring is 1. The van der Waals surface area contributed by atoms with Crippen LogP contribution in [0.2, 0.25) is 5.02 Å². The van der Waals surface area contributed by atoms with E-state index in [1.165, 1.54) is 6.07 Å². The number of likely N-dealkylation sites (tertiary alicyclic amines) is 1. The van der Waals surface area contributed by atoms with E-state index in [1.54, 1.807) is 12.1 Å². The van der Waals surface area contributed by atoms with E-state index in [4.69, 9.17) is 21.8 Å². The van der Waals surface area contributed by atoms with Crippen molar-refractivity contribution in [2.24, 2.45) is 0 Å². The summed E-state index contributed by atoms with van der Waals surface area (Å²) in [6.45, 7) is 1.79. The first-order valence-corrected chi connectivity index (χ1v) is 12.7. The van der Waals surface area contributed by atoms with Gasteiger partial charge in [0.1, 0.15) is 18.6 Å². The van der Waals surface area contributed by atoms with Gasteiger partial charge in [-0.1, -0.05) is 60.0 Å². The zero-order valence-corrected chi connectivity index (χ0v) is 21.5. The fourth-order valence-electron chi connectivity index (χ4n) is 5.59. The van der Waals surface area contributed by atoms with Crippen molar-refractivity contribution in [3.8, 4) is 17.5 Å². The standard InChI is InChI=1S/C29H26ClF2N5O/c1-2-29(17-31,23-8-4-7-21(16-33)25(23)32)24-13-14-37(24)26(18-9-11-22(30)12-10-18)19-5-3-6-20(15-19)27-35-36-28(34)38-27/h3-12,15,24,26H,2,13-14,17H2,1H3,(H2,34,36)/t24?,26-,29-/m0/s1. The number of halogens is 3. The Bertz CT molecular complexity index is 1480. The van der Waals surface area contributed by atoms with Gasteiger partial charge in [0.25, 0.3) is 0 Å². The van der Waals surface area contributed by atoms with Gasteiger partial charge in [-0.15, -0.1) is 5.10 Å². The Hall–Kier alpha value is -3.80. The molecule has 1 unspecified atom stereocenters. The third kappa shape index (κ3) is 4.42. The van der Waals surface area contributed by atoms with E-state index >= 15 is 8.78 Å². The third-order valence-electron chi connectivity index (χ3n) is 7.63. The van der Waals surface area contributed by atoms with Gasteiger partial charge in [-0.25, -0.2) is 4.39 Å². The van der Waals surface area contributed by atoms with Crippen LogP contribution in [0, 0.1) is 17.1 Å². The lowest BCUT2D eigenvalue weighted by Gasteiger charge is -2.55. The van der Waals surface area contributed by atoms with E-state index in [-0.39, 0.29) is 29.2 Å². The van der Waals surface area contributed by atoms with Crippen LogP contribution in [-0.2, 0) is 5.41 Å². The molecular formula is C29H26ClF2N5O. The summed E-state index contributed by atoms with van der Waals surface area (Å²) in [5.41, 5.74) is 7.23. The molecule has 0 saturated carbocycles. The number of rotatable bonds is 8. The first kappa shape index (κ1) is 25.8. The Labute approximate surface area is 224 Å². The quantitative estimate of drug-likeness (QED) is 0.279. The highest BCUT2D eigenvalue weighted by molar-refractivity contribution is 6.30. The highest BCUT2D eigenvalue weighted by atomic mass is 35.5. The van der Waals surface area contributed by atoms with E-state index in [2.05, 4.69) is 15.1 Å². The molecule has 4 aromatic rings. The Balaban J connectivity index is 1.62. The van der Waals surface area contributed by atoms with Crippen LogP contribution in [-0.4, -0.2) is 34.4 Å². The van der Waals surface area contributed by atoms with Crippen LogP contribution >= 0.6 is 11.6 Å². The molecule has 2 heterocycles. The van der Waals surface area contributed by atoms with Gasteiger partial charge >= 0.3 is 6.01 Å². The highest BCUT2D eigenvalue weighted by Gasteiger charge is 2.50. The summed E-state index contributed by atoms with van der Waals surface area (Å²) < 4.78 is 36.0. The number of benzene rings is 3. The maximum Gasteiger partial charge on any atom is 0.313 e. The van der Waals surface area contributed by atoms with Gasteiger partial charge in [0.15, 0.2) is 0 Å². The van der Waals surface area contributed by atoms with Crippen molar-refractivity contribution in [1.82, 2.24) is 15.1 Å². The number of anilines is 1. The number of nitriles is 1. The summed E-state index contributed by atoms with van der Waals surface area (Å²) in [7, 11) is 0. The molecule has 5 rings (SSSR count). The number of hydrogen-bond acceptors (Lipinski definition) is 6. The fourth-order valence-corrected chi connectivity index (χ4v) is 5.71. The summed E-state index contributed by atoms with van der Waals surface area (Å²) >= 11 is 6.20. The maximum absolute atomic E-state index is 15.5. The smallest absolute Gasteiger partial charge is 0.313 e. The van der Waals surface area contributed by atoms with E-state index in [0.717, 1.165) is 11.1 Å². The number of alkyl halides is 1. The normalized spacial score (nSPS) is 17.8. The predicted molar refractivity (Wildman–Crippen MR) is 142 cm³/mol. The minimum Gasteiger partial charge on any atom is -0.404 e. The topological polar surface area (TPSA) is 92.0 Å². The van der Waals surface area contributed by atoms with Crippen molar-refractivity contribution in [3.05, 3.63) is 99.8 Å². The lowest BCUT2D eigenvalue weighted by molar-refractivity contribution is -0.0130. The molecule has 1 aromatic heterocycles. The van der Waals surface area contributed by atoms with E-state index in [1.807, 2.05) is 61.5 Å². The molecule has 6 nitrogen and oxygen atoms in total. The number of aromatic nitrogens is 2. The van der Waals surface area contributed by atoms with Crippen LogP contribution in [0.25, 0.3) is 11.5 Å². The molecule has 3 atom stereocenters. The SMILES string of the molecule is CC[C@](CF)(c1cccc(C#N)c1F)C1CCN1[C@@H](c1ccc(Cl)cc1)c1cccc(-c2nnc(N)o2)c1. The molecule has 1 fully saturated rings. The predicted octanol–water partition coefficient (Wildman–Crippen LogP) is 6.46. The molecule has 9 heteroatoms. The van der Waals surface area contributed by atoms with Gasteiger partial charge in [-0.05, 0) is 59.9 Å². The average molecular weight is 534 g/mol. The lowest BCUT2D eigenvalue weighted by Crippen LogP contribution is -2.61. The van der Waals surface area contributed by atoms with Crippen LogP contribution < -0.4 is 5.73 Å². The van der Waals surface area contributed by atoms with Gasteiger partial charge < -0.3 is 10.2 Å². The summed E-state index contributed by atoms with van der Waals surface area (Å²) in [6, 6.07) is 21.1.